The van der Waals surface area contributed by atoms with E-state index in [1.54, 1.807) is 13.3 Å². The zero-order valence-electron chi connectivity index (χ0n) is 14.1. The Morgan fingerprint density at radius 1 is 1.58 bits per heavy atom. The van der Waals surface area contributed by atoms with Crippen molar-refractivity contribution in [3.8, 4) is 6.07 Å². The van der Waals surface area contributed by atoms with Crippen molar-refractivity contribution in [3.05, 3.63) is 18.6 Å². The first-order valence-electron chi connectivity index (χ1n) is 8.33. The fourth-order valence-corrected chi connectivity index (χ4v) is 3.81. The maximum Gasteiger partial charge on any atom is 0.240 e. The predicted octanol–water partition coefficient (Wildman–Crippen LogP) is 1.13. The molecule has 7 heteroatoms. The molecule has 1 saturated carbocycles. The van der Waals surface area contributed by atoms with Crippen molar-refractivity contribution in [2.24, 2.45) is 11.3 Å². The topological polar surface area (TPSA) is 91.1 Å². The molecule has 0 radical (unpaired) electrons. The molecule has 0 unspecified atom stereocenters. The Morgan fingerprint density at radius 2 is 2.38 bits per heavy atom. The van der Waals surface area contributed by atoms with Crippen LogP contribution in [0, 0.1) is 22.7 Å². The average Bonchev–Trinajstić information content (AvgIpc) is 3.00. The minimum atomic E-state index is -0.835. The number of nitrogens with zero attached hydrogens (tertiary/aromatic N) is 4. The fraction of sp³-hybridized carbons (Fsp3) is 0.647. The third-order valence-corrected chi connectivity index (χ3v) is 5.11. The number of hydrogen-bond donors (Lipinski definition) is 1. The van der Waals surface area contributed by atoms with E-state index in [0.717, 1.165) is 18.8 Å². The second-order valence-electron chi connectivity index (χ2n) is 6.88. The van der Waals surface area contributed by atoms with E-state index in [4.69, 9.17) is 4.74 Å². The van der Waals surface area contributed by atoms with Gasteiger partial charge in [-0.1, -0.05) is 6.92 Å². The highest BCUT2D eigenvalue weighted by atomic mass is 16.5. The van der Waals surface area contributed by atoms with Crippen molar-refractivity contribution >= 4 is 11.7 Å². The third kappa shape index (κ3) is 3.06. The number of nitriles is 1. The quantitative estimate of drug-likeness (QED) is 0.870. The van der Waals surface area contributed by atoms with Crippen LogP contribution in [0.3, 0.4) is 0 Å². The average molecular weight is 329 g/mol. The van der Waals surface area contributed by atoms with Gasteiger partial charge in [-0.25, -0.2) is 9.97 Å². The lowest BCUT2D eigenvalue weighted by Crippen LogP contribution is -2.51. The van der Waals surface area contributed by atoms with E-state index in [1.165, 1.54) is 6.33 Å². The zero-order chi connectivity index (χ0) is 17.2. The van der Waals surface area contributed by atoms with E-state index in [1.807, 2.05) is 6.07 Å². The van der Waals surface area contributed by atoms with E-state index < -0.39 is 5.41 Å². The summed E-state index contributed by atoms with van der Waals surface area (Å²) in [7, 11) is 1.70. The number of nitrogens with one attached hydrogen (secondary N) is 1. The zero-order valence-corrected chi connectivity index (χ0v) is 14.1. The van der Waals surface area contributed by atoms with Crippen molar-refractivity contribution < 1.29 is 9.53 Å². The molecule has 0 aromatic carbocycles. The predicted molar refractivity (Wildman–Crippen MR) is 88.0 cm³/mol. The Bertz CT molecular complexity index is 624. The van der Waals surface area contributed by atoms with Gasteiger partial charge >= 0.3 is 0 Å². The molecule has 1 aliphatic carbocycles. The smallest absolute Gasteiger partial charge is 0.240 e. The standard InChI is InChI=1S/C17H23N5O2/c1-12-6-17(7-12,10-18)16(23)20-8-13-5-14(24-2)9-22(13)15-3-4-19-11-21-15/h3-4,11-14H,5-9H2,1-2H3,(H,20,23)/t12?,13-,14-,17?/m1/s1. The van der Waals surface area contributed by atoms with E-state index in [-0.39, 0.29) is 18.1 Å². The fourth-order valence-electron chi connectivity index (χ4n) is 3.81. The monoisotopic (exact) mass is 329 g/mol. The van der Waals surface area contributed by atoms with Crippen LogP contribution < -0.4 is 10.2 Å². The summed E-state index contributed by atoms with van der Waals surface area (Å²) in [4.78, 5) is 22.9. The summed E-state index contributed by atoms with van der Waals surface area (Å²) in [5.41, 5.74) is -0.835. The largest absolute Gasteiger partial charge is 0.380 e. The molecule has 2 fully saturated rings. The molecule has 0 spiro atoms. The lowest BCUT2D eigenvalue weighted by molar-refractivity contribution is -0.134. The lowest BCUT2D eigenvalue weighted by atomic mass is 9.63. The summed E-state index contributed by atoms with van der Waals surface area (Å²) in [5, 5.41) is 12.3. The molecule has 2 heterocycles. The van der Waals surface area contributed by atoms with Gasteiger partial charge in [0, 0.05) is 26.4 Å². The minimum absolute atomic E-state index is 0.0991. The van der Waals surface area contributed by atoms with Gasteiger partial charge in [0.1, 0.15) is 17.6 Å². The van der Waals surface area contributed by atoms with Gasteiger partial charge in [0.15, 0.2) is 0 Å². The van der Waals surface area contributed by atoms with Crippen molar-refractivity contribution in [1.29, 1.82) is 5.26 Å². The van der Waals surface area contributed by atoms with Crippen LogP contribution >= 0.6 is 0 Å². The second kappa shape index (κ2) is 6.73. The number of carbonyl (C=O) groups is 1. The van der Waals surface area contributed by atoms with Crippen molar-refractivity contribution in [2.75, 3.05) is 25.1 Å². The highest BCUT2D eigenvalue weighted by Crippen LogP contribution is 2.45. The summed E-state index contributed by atoms with van der Waals surface area (Å²) in [6, 6.07) is 4.17. The van der Waals surface area contributed by atoms with Crippen LogP contribution in [0.15, 0.2) is 18.6 Å². The summed E-state index contributed by atoms with van der Waals surface area (Å²) in [6.45, 7) is 3.29. The van der Waals surface area contributed by atoms with Gasteiger partial charge in [-0.3, -0.25) is 4.79 Å². The lowest BCUT2D eigenvalue weighted by Gasteiger charge is -2.39. The molecular weight excluding hydrogens is 306 g/mol. The summed E-state index contributed by atoms with van der Waals surface area (Å²) >= 11 is 0. The van der Waals surface area contributed by atoms with Gasteiger partial charge in [-0.15, -0.1) is 0 Å². The summed E-state index contributed by atoms with van der Waals surface area (Å²) in [6.07, 6.45) is 5.45. The van der Waals surface area contributed by atoms with Crippen LogP contribution in [0.5, 0.6) is 0 Å². The van der Waals surface area contributed by atoms with Crippen LogP contribution in [-0.2, 0) is 9.53 Å². The maximum absolute atomic E-state index is 12.5. The van der Waals surface area contributed by atoms with Crippen molar-refractivity contribution in [3.63, 3.8) is 0 Å². The number of ether oxygens (including phenoxy) is 1. The summed E-state index contributed by atoms with van der Waals surface area (Å²) in [5.74, 6) is 1.12. The van der Waals surface area contributed by atoms with E-state index in [2.05, 4.69) is 33.2 Å². The highest BCUT2D eigenvalue weighted by molar-refractivity contribution is 5.86. The minimum Gasteiger partial charge on any atom is -0.380 e. The molecule has 7 nitrogen and oxygen atoms in total. The number of hydrogen-bond acceptors (Lipinski definition) is 6. The maximum atomic E-state index is 12.5. The van der Waals surface area contributed by atoms with Crippen LogP contribution in [0.4, 0.5) is 5.82 Å². The van der Waals surface area contributed by atoms with Crippen LogP contribution in [0.1, 0.15) is 26.2 Å². The molecular formula is C17H23N5O2. The van der Waals surface area contributed by atoms with Gasteiger partial charge in [0.2, 0.25) is 5.91 Å². The van der Waals surface area contributed by atoms with Crippen LogP contribution in [0.25, 0.3) is 0 Å². The van der Waals surface area contributed by atoms with E-state index in [9.17, 15) is 10.1 Å². The molecule has 1 aromatic heterocycles. The van der Waals surface area contributed by atoms with Gasteiger partial charge in [0.05, 0.1) is 18.2 Å². The first kappa shape index (κ1) is 16.7. The van der Waals surface area contributed by atoms with Gasteiger partial charge in [-0.2, -0.15) is 5.26 Å². The van der Waals surface area contributed by atoms with E-state index in [0.29, 0.717) is 25.3 Å². The molecule has 1 N–H and O–H groups in total. The van der Waals surface area contributed by atoms with Gasteiger partial charge in [0.25, 0.3) is 0 Å². The molecule has 2 atom stereocenters. The number of amides is 1. The van der Waals surface area contributed by atoms with Crippen molar-refractivity contribution in [1.82, 2.24) is 15.3 Å². The third-order valence-electron chi connectivity index (χ3n) is 5.11. The first-order chi connectivity index (χ1) is 11.6. The normalized spacial score (nSPS) is 32.0. The van der Waals surface area contributed by atoms with Crippen LogP contribution in [0.2, 0.25) is 0 Å². The first-order valence-corrected chi connectivity index (χ1v) is 8.33. The SMILES string of the molecule is CO[C@@H]1C[C@H](CNC(=O)C2(C#N)CC(C)C2)N(c2ccncn2)C1. The number of methoxy groups -OCH3 is 1. The number of rotatable bonds is 5. The Hall–Kier alpha value is -2.20. The number of carbonyl (C=O) groups excluding carboxylic acids is 1. The van der Waals surface area contributed by atoms with Gasteiger partial charge in [-0.05, 0) is 31.2 Å². The van der Waals surface area contributed by atoms with Crippen LogP contribution in [-0.4, -0.2) is 48.2 Å². The second-order valence-corrected chi connectivity index (χ2v) is 6.88. The molecule has 3 rings (SSSR count). The molecule has 1 aliphatic heterocycles. The summed E-state index contributed by atoms with van der Waals surface area (Å²) < 4.78 is 5.48. The Kier molecular flexibility index (Phi) is 4.67. The molecule has 1 saturated heterocycles. The highest BCUT2D eigenvalue weighted by Gasteiger charge is 2.49. The van der Waals surface area contributed by atoms with Gasteiger partial charge < -0.3 is 15.0 Å². The van der Waals surface area contributed by atoms with E-state index >= 15 is 0 Å². The Balaban J connectivity index is 1.64. The molecule has 2 aliphatic rings. The Morgan fingerprint density at radius 3 is 2.96 bits per heavy atom. The molecule has 1 amide bonds. The molecule has 0 bridgehead atoms. The number of anilines is 1. The molecule has 128 valence electrons. The van der Waals surface area contributed by atoms with Crippen molar-refractivity contribution in [2.45, 2.75) is 38.3 Å². The molecule has 1 aromatic rings. The molecule has 24 heavy (non-hydrogen) atoms. The Labute approximate surface area is 142 Å². The number of aromatic nitrogens is 2.